The molecule has 3 rings (SSSR count). The molecule has 146 valence electrons. The number of benzene rings is 2. The number of nitrogens with one attached hydrogen (secondary N) is 1. The van der Waals surface area contributed by atoms with Crippen molar-refractivity contribution in [3.05, 3.63) is 80.0 Å². The molecule has 0 saturated heterocycles. The van der Waals surface area contributed by atoms with Crippen molar-refractivity contribution in [2.75, 3.05) is 6.54 Å². The van der Waals surface area contributed by atoms with Crippen LogP contribution in [-0.4, -0.2) is 22.2 Å². The Morgan fingerprint density at radius 2 is 1.93 bits per heavy atom. The summed E-state index contributed by atoms with van der Waals surface area (Å²) in [5.41, 5.74) is 1.58. The van der Waals surface area contributed by atoms with Gasteiger partial charge >= 0.3 is 0 Å². The molecule has 0 radical (unpaired) electrons. The van der Waals surface area contributed by atoms with Crippen LogP contribution in [0.15, 0.2) is 63.8 Å². The molecule has 3 aromatic rings. The molecule has 0 aliphatic rings. The Hall–Kier alpha value is -1.83. The second-order valence-corrected chi connectivity index (χ2v) is 8.33. The Labute approximate surface area is 185 Å². The van der Waals surface area contributed by atoms with Gasteiger partial charge in [0, 0.05) is 29.3 Å². The first-order valence-electron chi connectivity index (χ1n) is 8.64. The van der Waals surface area contributed by atoms with Crippen LogP contribution in [0.4, 0.5) is 0 Å². The third kappa shape index (κ3) is 6.09. The molecule has 0 saturated carbocycles. The molecular formula is C20H18Br2ClN3O2. The van der Waals surface area contributed by atoms with Crippen molar-refractivity contribution in [1.29, 1.82) is 0 Å². The van der Waals surface area contributed by atoms with Crippen LogP contribution in [0.3, 0.4) is 0 Å². The third-order valence-corrected chi connectivity index (χ3v) is 5.15. The number of hydrogen-bond donors (Lipinski definition) is 1. The Morgan fingerprint density at radius 3 is 2.61 bits per heavy atom. The van der Waals surface area contributed by atoms with Crippen LogP contribution in [0.5, 0.6) is 5.75 Å². The highest BCUT2D eigenvalue weighted by molar-refractivity contribution is 9.10. The largest absolute Gasteiger partial charge is 0.487 e. The summed E-state index contributed by atoms with van der Waals surface area (Å²) in [6.45, 7) is 1.71. The van der Waals surface area contributed by atoms with Crippen LogP contribution in [0, 0.1) is 0 Å². The molecule has 1 aromatic heterocycles. The number of rotatable bonds is 8. The summed E-state index contributed by atoms with van der Waals surface area (Å²) in [5.74, 6) is 0.529. The highest BCUT2D eigenvalue weighted by Crippen LogP contribution is 2.28. The van der Waals surface area contributed by atoms with Crippen molar-refractivity contribution in [2.24, 2.45) is 0 Å². The Balaban J connectivity index is 1.44. The molecule has 8 heteroatoms. The summed E-state index contributed by atoms with van der Waals surface area (Å²) in [6.07, 6.45) is 4.46. The lowest BCUT2D eigenvalue weighted by atomic mass is 10.1. The maximum absolute atomic E-state index is 12.2. The molecular weight excluding hydrogens is 510 g/mol. The average molecular weight is 528 g/mol. The predicted molar refractivity (Wildman–Crippen MR) is 117 cm³/mol. The molecule has 28 heavy (non-hydrogen) atoms. The maximum Gasteiger partial charge on any atom is 0.251 e. The average Bonchev–Trinajstić information content (AvgIpc) is 3.10. The lowest BCUT2D eigenvalue weighted by Crippen LogP contribution is -2.25. The van der Waals surface area contributed by atoms with E-state index in [0.717, 1.165) is 27.5 Å². The fourth-order valence-corrected chi connectivity index (χ4v) is 3.57. The summed E-state index contributed by atoms with van der Waals surface area (Å²) < 4.78 is 9.42. The van der Waals surface area contributed by atoms with E-state index in [9.17, 15) is 4.79 Å². The monoisotopic (exact) mass is 525 g/mol. The van der Waals surface area contributed by atoms with Crippen LogP contribution >= 0.6 is 43.5 Å². The van der Waals surface area contributed by atoms with Gasteiger partial charge in [0.25, 0.3) is 5.91 Å². The quantitative estimate of drug-likeness (QED) is 0.396. The lowest BCUT2D eigenvalue weighted by Gasteiger charge is -2.09. The third-order valence-electron chi connectivity index (χ3n) is 3.96. The Morgan fingerprint density at radius 1 is 1.14 bits per heavy atom. The van der Waals surface area contributed by atoms with Crippen molar-refractivity contribution in [3.8, 4) is 5.75 Å². The van der Waals surface area contributed by atoms with E-state index in [4.69, 9.17) is 16.3 Å². The van der Waals surface area contributed by atoms with Crippen LogP contribution in [0.1, 0.15) is 22.3 Å². The second kappa shape index (κ2) is 10.1. The Bertz CT molecular complexity index is 945. The van der Waals surface area contributed by atoms with Gasteiger partial charge < -0.3 is 10.1 Å². The van der Waals surface area contributed by atoms with Gasteiger partial charge in [0.1, 0.15) is 12.4 Å². The minimum Gasteiger partial charge on any atom is -0.487 e. The van der Waals surface area contributed by atoms with E-state index in [1.165, 1.54) is 0 Å². The van der Waals surface area contributed by atoms with Crippen molar-refractivity contribution in [2.45, 2.75) is 19.6 Å². The molecule has 1 N–H and O–H groups in total. The van der Waals surface area contributed by atoms with Crippen molar-refractivity contribution in [3.63, 3.8) is 0 Å². The highest BCUT2D eigenvalue weighted by Gasteiger charge is 2.06. The molecule has 0 fully saturated rings. The number of hydrogen-bond acceptors (Lipinski definition) is 3. The molecule has 1 heterocycles. The Kier molecular flexibility index (Phi) is 7.53. The molecule has 1 amide bonds. The van der Waals surface area contributed by atoms with Crippen molar-refractivity contribution >= 4 is 49.4 Å². The zero-order valence-electron chi connectivity index (χ0n) is 14.9. The number of nitrogens with zero attached hydrogens (tertiary/aromatic N) is 2. The topological polar surface area (TPSA) is 56.2 Å². The van der Waals surface area contributed by atoms with Gasteiger partial charge in [-0.2, -0.15) is 5.10 Å². The first-order valence-corrected chi connectivity index (χ1v) is 10.6. The summed E-state index contributed by atoms with van der Waals surface area (Å²) >= 11 is 12.9. The van der Waals surface area contributed by atoms with Gasteiger partial charge in [-0.25, -0.2) is 0 Å². The van der Waals surface area contributed by atoms with E-state index in [-0.39, 0.29) is 5.91 Å². The van der Waals surface area contributed by atoms with Crippen molar-refractivity contribution in [1.82, 2.24) is 15.1 Å². The number of carbonyl (C=O) groups is 1. The highest BCUT2D eigenvalue weighted by atomic mass is 79.9. The van der Waals surface area contributed by atoms with Crippen molar-refractivity contribution < 1.29 is 9.53 Å². The number of ether oxygens (including phenoxy) is 1. The first kappa shape index (κ1) is 20.9. The fourth-order valence-electron chi connectivity index (χ4n) is 2.51. The molecule has 2 aromatic carbocycles. The molecule has 0 spiro atoms. The normalized spacial score (nSPS) is 10.7. The zero-order chi connectivity index (χ0) is 19.9. The van der Waals surface area contributed by atoms with Gasteiger partial charge in [-0.1, -0.05) is 39.7 Å². The van der Waals surface area contributed by atoms with E-state index in [1.54, 1.807) is 24.4 Å². The lowest BCUT2D eigenvalue weighted by molar-refractivity contribution is 0.0952. The van der Waals surface area contributed by atoms with Gasteiger partial charge in [0.05, 0.1) is 15.7 Å². The molecule has 0 atom stereocenters. The second-order valence-electron chi connectivity index (χ2n) is 6.09. The first-order chi connectivity index (χ1) is 13.5. The van der Waals surface area contributed by atoms with Crippen LogP contribution < -0.4 is 10.1 Å². The number of aromatic nitrogens is 2. The number of amides is 1. The van der Waals surface area contributed by atoms with Crippen LogP contribution in [-0.2, 0) is 13.2 Å². The number of halogens is 3. The molecule has 0 aliphatic carbocycles. The fraction of sp³-hybridized carbons (Fsp3) is 0.200. The summed E-state index contributed by atoms with van der Waals surface area (Å²) in [7, 11) is 0. The summed E-state index contributed by atoms with van der Waals surface area (Å²) in [4.78, 5) is 12.2. The van der Waals surface area contributed by atoms with Gasteiger partial charge in [-0.3, -0.25) is 9.48 Å². The summed E-state index contributed by atoms with van der Waals surface area (Å²) in [5, 5.41) is 7.65. The smallest absolute Gasteiger partial charge is 0.251 e. The van der Waals surface area contributed by atoms with Crippen LogP contribution in [0.25, 0.3) is 0 Å². The maximum atomic E-state index is 12.2. The SMILES string of the molecule is O=C(NCCCn1cc(Br)cn1)c1ccc(COc2ccc(Br)cc2Cl)cc1. The van der Waals surface area contributed by atoms with Gasteiger partial charge in [-0.15, -0.1) is 0 Å². The number of carbonyl (C=O) groups excluding carboxylic acids is 1. The van der Waals surface area contributed by atoms with Gasteiger partial charge in [0.2, 0.25) is 0 Å². The van der Waals surface area contributed by atoms with E-state index < -0.39 is 0 Å². The minimum absolute atomic E-state index is 0.0925. The van der Waals surface area contributed by atoms with Gasteiger partial charge in [0.15, 0.2) is 0 Å². The molecule has 0 bridgehead atoms. The van der Waals surface area contributed by atoms with E-state index in [0.29, 0.717) is 29.5 Å². The zero-order valence-corrected chi connectivity index (χ0v) is 18.8. The van der Waals surface area contributed by atoms with Gasteiger partial charge in [-0.05, 0) is 58.2 Å². The minimum atomic E-state index is -0.0925. The number of aryl methyl sites for hydroxylation is 1. The summed E-state index contributed by atoms with van der Waals surface area (Å²) in [6, 6.07) is 12.8. The van der Waals surface area contributed by atoms with Crippen LogP contribution in [0.2, 0.25) is 5.02 Å². The van der Waals surface area contributed by atoms with E-state index in [2.05, 4.69) is 42.3 Å². The van der Waals surface area contributed by atoms with E-state index in [1.807, 2.05) is 35.1 Å². The molecule has 5 nitrogen and oxygen atoms in total. The molecule has 0 aliphatic heterocycles. The standard InChI is InChI=1S/C20H18Br2ClN3O2/c21-16-6-7-19(18(23)10-16)28-13-14-2-4-15(5-3-14)20(27)24-8-1-9-26-12-17(22)11-25-26/h2-7,10-12H,1,8-9,13H2,(H,24,27). The van der Waals surface area contributed by atoms with E-state index >= 15 is 0 Å². The molecule has 0 unspecified atom stereocenters. The predicted octanol–water partition coefficient (Wildman–Crippen LogP) is 5.46.